The molecule has 0 fully saturated rings. The molecule has 1 aromatic carbocycles. The summed E-state index contributed by atoms with van der Waals surface area (Å²) in [4.78, 5) is 0. The van der Waals surface area contributed by atoms with E-state index in [0.717, 1.165) is 6.54 Å². The van der Waals surface area contributed by atoms with Crippen LogP contribution in [0.2, 0.25) is 0 Å². The first kappa shape index (κ1) is 16.3. The molecule has 2 rings (SSSR count). The number of hydrogen-bond donors (Lipinski definition) is 1. The zero-order valence-corrected chi connectivity index (χ0v) is 14.2. The number of aryl methyl sites for hydroxylation is 1. The van der Waals surface area contributed by atoms with E-state index in [1.165, 1.54) is 30.4 Å². The Bertz CT molecular complexity index is 496. The molecule has 1 N–H and O–H groups in total. The molecule has 1 heterocycles. The summed E-state index contributed by atoms with van der Waals surface area (Å²) in [6.45, 7) is 7.76. The summed E-state index contributed by atoms with van der Waals surface area (Å²) < 4.78 is 0. The maximum absolute atomic E-state index is 3.67. The van der Waals surface area contributed by atoms with E-state index in [1.807, 2.05) is 0 Å². The van der Waals surface area contributed by atoms with Crippen molar-refractivity contribution >= 4 is 11.3 Å². The van der Waals surface area contributed by atoms with Crippen LogP contribution in [0.3, 0.4) is 0 Å². The van der Waals surface area contributed by atoms with E-state index in [1.54, 1.807) is 11.3 Å². The fraction of sp³-hybridized carbons (Fsp3) is 0.474. The van der Waals surface area contributed by atoms with Crippen LogP contribution in [0.15, 0.2) is 47.2 Å². The Hall–Kier alpha value is -1.12. The summed E-state index contributed by atoms with van der Waals surface area (Å²) in [6.07, 6.45) is 3.69. The summed E-state index contributed by atoms with van der Waals surface area (Å²) in [5, 5.41) is 8.11. The minimum absolute atomic E-state index is 0.181. The summed E-state index contributed by atoms with van der Waals surface area (Å²) in [5.41, 5.74) is 3.12. The van der Waals surface area contributed by atoms with E-state index >= 15 is 0 Å². The smallest absolute Gasteiger partial charge is 0.00967 e. The van der Waals surface area contributed by atoms with Crippen LogP contribution in [-0.4, -0.2) is 12.1 Å². The maximum Gasteiger partial charge on any atom is 0.00967 e. The lowest BCUT2D eigenvalue weighted by molar-refractivity contribution is 0.396. The normalized spacial score (nSPS) is 13.3. The van der Waals surface area contributed by atoms with Crippen LogP contribution < -0.4 is 5.32 Å². The molecule has 0 aliphatic heterocycles. The Labute approximate surface area is 133 Å². The molecule has 1 unspecified atom stereocenters. The predicted molar refractivity (Wildman–Crippen MR) is 94.2 cm³/mol. The van der Waals surface area contributed by atoms with E-state index in [-0.39, 0.29) is 5.54 Å². The van der Waals surface area contributed by atoms with Crippen molar-refractivity contribution < 1.29 is 0 Å². The van der Waals surface area contributed by atoms with Gasteiger partial charge in [0, 0.05) is 12.1 Å². The van der Waals surface area contributed by atoms with Crippen molar-refractivity contribution in [2.24, 2.45) is 0 Å². The lowest BCUT2D eigenvalue weighted by atomic mass is 9.92. The molecule has 1 atom stereocenters. The van der Waals surface area contributed by atoms with Crippen molar-refractivity contribution in [1.29, 1.82) is 0 Å². The topological polar surface area (TPSA) is 12.0 Å². The second kappa shape index (κ2) is 7.77. The van der Waals surface area contributed by atoms with Crippen molar-refractivity contribution in [2.75, 3.05) is 6.54 Å². The lowest BCUT2D eigenvalue weighted by Gasteiger charge is -2.25. The highest BCUT2D eigenvalue weighted by Crippen LogP contribution is 2.23. The highest BCUT2D eigenvalue weighted by Gasteiger charge is 2.15. The molecule has 0 radical (unpaired) electrons. The van der Waals surface area contributed by atoms with Gasteiger partial charge in [0.1, 0.15) is 0 Å². The maximum atomic E-state index is 3.67. The molecule has 0 bridgehead atoms. The summed E-state index contributed by atoms with van der Waals surface area (Å²) >= 11 is 1.80. The van der Waals surface area contributed by atoms with Crippen LogP contribution in [0.4, 0.5) is 0 Å². The predicted octanol–water partition coefficient (Wildman–Crippen LogP) is 5.24. The van der Waals surface area contributed by atoms with Gasteiger partial charge in [0.2, 0.25) is 0 Å². The van der Waals surface area contributed by atoms with Crippen molar-refractivity contribution in [1.82, 2.24) is 5.32 Å². The van der Waals surface area contributed by atoms with Gasteiger partial charge in [-0.25, -0.2) is 0 Å². The molecule has 21 heavy (non-hydrogen) atoms. The minimum atomic E-state index is 0.181. The van der Waals surface area contributed by atoms with E-state index in [2.05, 4.69) is 73.2 Å². The molecule has 0 amide bonds. The number of benzene rings is 1. The van der Waals surface area contributed by atoms with Crippen LogP contribution in [0, 0.1) is 0 Å². The van der Waals surface area contributed by atoms with Gasteiger partial charge in [-0.2, -0.15) is 11.3 Å². The molecule has 1 aromatic heterocycles. The van der Waals surface area contributed by atoms with Gasteiger partial charge in [-0.3, -0.25) is 0 Å². The van der Waals surface area contributed by atoms with Gasteiger partial charge in [-0.05, 0) is 73.9 Å². The van der Waals surface area contributed by atoms with E-state index in [0.29, 0.717) is 5.92 Å². The summed E-state index contributed by atoms with van der Waals surface area (Å²) in [7, 11) is 0. The second-order valence-corrected chi connectivity index (χ2v) is 7.54. The van der Waals surface area contributed by atoms with Crippen LogP contribution in [-0.2, 0) is 6.42 Å². The Balaban J connectivity index is 1.91. The van der Waals surface area contributed by atoms with Crippen molar-refractivity contribution in [3.8, 4) is 0 Å². The number of hydrogen-bond acceptors (Lipinski definition) is 2. The van der Waals surface area contributed by atoms with Crippen molar-refractivity contribution in [2.45, 2.75) is 51.5 Å². The monoisotopic (exact) mass is 301 g/mol. The first-order chi connectivity index (χ1) is 10.0. The Morgan fingerprint density at radius 1 is 1.10 bits per heavy atom. The first-order valence-electron chi connectivity index (χ1n) is 7.86. The van der Waals surface area contributed by atoms with E-state index < -0.39 is 0 Å². The van der Waals surface area contributed by atoms with Crippen molar-refractivity contribution in [3.05, 3.63) is 58.3 Å². The molecule has 0 saturated carbocycles. The van der Waals surface area contributed by atoms with Crippen LogP contribution in [0.1, 0.15) is 50.7 Å². The molecular weight excluding hydrogens is 274 g/mol. The van der Waals surface area contributed by atoms with Gasteiger partial charge in [-0.1, -0.05) is 30.3 Å². The largest absolute Gasteiger partial charge is 0.311 e. The molecule has 0 spiro atoms. The zero-order valence-electron chi connectivity index (χ0n) is 13.4. The average Bonchev–Trinajstić information content (AvgIpc) is 2.95. The molecule has 1 nitrogen and oxygen atoms in total. The van der Waals surface area contributed by atoms with Crippen molar-refractivity contribution in [3.63, 3.8) is 0 Å². The molecule has 2 aromatic rings. The van der Waals surface area contributed by atoms with Gasteiger partial charge >= 0.3 is 0 Å². The minimum Gasteiger partial charge on any atom is -0.311 e. The average molecular weight is 301 g/mol. The third-order valence-corrected chi connectivity index (χ3v) is 4.48. The lowest BCUT2D eigenvalue weighted by Crippen LogP contribution is -2.38. The molecular formula is C19H27NS. The van der Waals surface area contributed by atoms with Crippen LogP contribution in [0.5, 0.6) is 0 Å². The highest BCUT2D eigenvalue weighted by molar-refractivity contribution is 7.07. The molecule has 2 heteroatoms. The fourth-order valence-corrected chi connectivity index (χ4v) is 3.23. The van der Waals surface area contributed by atoms with Gasteiger partial charge in [0.05, 0.1) is 0 Å². The molecule has 0 saturated heterocycles. The van der Waals surface area contributed by atoms with Gasteiger partial charge in [0.25, 0.3) is 0 Å². The SMILES string of the molecule is CC(C)(C)NCC(CCCc1ccsc1)c1ccccc1. The molecule has 0 aliphatic carbocycles. The number of nitrogens with one attached hydrogen (secondary N) is 1. The quantitative estimate of drug-likeness (QED) is 0.737. The van der Waals surface area contributed by atoms with E-state index in [4.69, 9.17) is 0 Å². The molecule has 114 valence electrons. The van der Waals surface area contributed by atoms with E-state index in [9.17, 15) is 0 Å². The Morgan fingerprint density at radius 3 is 2.48 bits per heavy atom. The van der Waals surface area contributed by atoms with Gasteiger partial charge < -0.3 is 5.32 Å². The summed E-state index contributed by atoms with van der Waals surface area (Å²) in [5.74, 6) is 0.601. The first-order valence-corrected chi connectivity index (χ1v) is 8.80. The third kappa shape index (κ3) is 6.03. The zero-order chi connectivity index (χ0) is 15.1. The Kier molecular flexibility index (Phi) is 6.01. The molecule has 0 aliphatic rings. The third-order valence-electron chi connectivity index (χ3n) is 3.75. The van der Waals surface area contributed by atoms with Gasteiger partial charge in [0.15, 0.2) is 0 Å². The highest BCUT2D eigenvalue weighted by atomic mass is 32.1. The summed E-state index contributed by atoms with van der Waals surface area (Å²) in [6, 6.07) is 13.2. The van der Waals surface area contributed by atoms with Crippen LogP contribution in [0.25, 0.3) is 0 Å². The fourth-order valence-electron chi connectivity index (χ4n) is 2.53. The van der Waals surface area contributed by atoms with Gasteiger partial charge in [-0.15, -0.1) is 0 Å². The number of rotatable bonds is 7. The second-order valence-electron chi connectivity index (χ2n) is 6.76. The number of thiophene rings is 1. The Morgan fingerprint density at radius 2 is 1.86 bits per heavy atom. The van der Waals surface area contributed by atoms with Crippen LogP contribution >= 0.6 is 11.3 Å². The standard InChI is InChI=1S/C19H27NS/c1-19(2,3)20-14-18(17-9-5-4-6-10-17)11-7-8-16-12-13-21-15-16/h4-6,9-10,12-13,15,18,20H,7-8,11,14H2,1-3H3.